The Morgan fingerprint density at radius 1 is 1.03 bits per heavy atom. The molecule has 0 amide bonds. The van der Waals surface area contributed by atoms with E-state index in [2.05, 4.69) is 0 Å². The Morgan fingerprint density at radius 3 is 2.17 bits per heavy atom. The number of aromatic nitrogens is 2. The number of hydrogen-bond acceptors (Lipinski definition) is 4. The molecule has 0 aliphatic heterocycles. The zero-order valence-electron chi connectivity index (χ0n) is 16.0. The summed E-state index contributed by atoms with van der Waals surface area (Å²) in [6, 6.07) is 15.0. The topological polar surface area (TPSA) is 103 Å². The molecule has 2 aromatic carbocycles. The number of nitrogens with one attached hydrogen (secondary N) is 1. The lowest BCUT2D eigenvalue weighted by molar-refractivity contribution is -0.143. The van der Waals surface area contributed by atoms with Gasteiger partial charge in [0.05, 0.1) is 18.7 Å². The van der Waals surface area contributed by atoms with Gasteiger partial charge >= 0.3 is 11.7 Å². The molecule has 1 heterocycles. The van der Waals surface area contributed by atoms with E-state index in [9.17, 15) is 9.59 Å². The van der Waals surface area contributed by atoms with Gasteiger partial charge in [-0.05, 0) is 30.2 Å². The van der Waals surface area contributed by atoms with Gasteiger partial charge in [-0.3, -0.25) is 19.3 Å². The summed E-state index contributed by atoms with van der Waals surface area (Å²) >= 11 is 0. The molecule has 0 aliphatic rings. The molecule has 0 bridgehead atoms. The molecule has 0 radical (unpaired) electrons. The first-order valence-electron chi connectivity index (χ1n) is 8.98. The van der Waals surface area contributed by atoms with E-state index >= 15 is 0 Å². The molecule has 0 fully saturated rings. The van der Waals surface area contributed by atoms with Crippen molar-refractivity contribution >= 4 is 24.2 Å². The van der Waals surface area contributed by atoms with Crippen LogP contribution < -0.4 is 11.4 Å². The Hall–Kier alpha value is -3.32. The maximum atomic E-state index is 12.5. The highest BCUT2D eigenvalue weighted by Crippen LogP contribution is 2.21. The minimum absolute atomic E-state index is 0. The van der Waals surface area contributed by atoms with Crippen molar-refractivity contribution in [3.63, 3.8) is 0 Å². The first-order valence-corrected chi connectivity index (χ1v) is 8.98. The van der Waals surface area contributed by atoms with Crippen molar-refractivity contribution < 1.29 is 9.53 Å². The van der Waals surface area contributed by atoms with Crippen molar-refractivity contribution in [3.8, 4) is 16.8 Å². The molecule has 0 saturated heterocycles. The van der Waals surface area contributed by atoms with Crippen molar-refractivity contribution in [1.82, 2.24) is 9.13 Å². The molecule has 0 saturated carbocycles. The normalized spacial score (nSPS) is 10.2. The molecule has 3 N–H and O–H groups in total. The lowest BCUT2D eigenvalue weighted by Crippen LogP contribution is -2.24. The van der Waals surface area contributed by atoms with Crippen molar-refractivity contribution in [2.75, 3.05) is 6.61 Å². The molecule has 7 nitrogen and oxygen atoms in total. The number of esters is 1. The highest BCUT2D eigenvalue weighted by atomic mass is 35.5. The van der Waals surface area contributed by atoms with E-state index in [1.165, 1.54) is 9.13 Å². The summed E-state index contributed by atoms with van der Waals surface area (Å²) in [6.45, 7) is 2.37. The number of nitrogen functional groups attached to an aromatic ring is 1. The van der Waals surface area contributed by atoms with Crippen molar-refractivity contribution in [2.45, 2.75) is 19.9 Å². The molecule has 3 aromatic rings. The van der Waals surface area contributed by atoms with Crippen molar-refractivity contribution in [3.05, 3.63) is 77.0 Å². The monoisotopic (exact) mass is 414 g/mol. The van der Waals surface area contributed by atoms with Crippen LogP contribution in [-0.2, 0) is 16.1 Å². The average molecular weight is 415 g/mol. The first kappa shape index (κ1) is 22.0. The summed E-state index contributed by atoms with van der Waals surface area (Å²) in [5, 5.41) is 7.45. The number of carbonyl (C=O) groups excluding carboxylic acids is 1. The van der Waals surface area contributed by atoms with E-state index in [4.69, 9.17) is 15.9 Å². The minimum Gasteiger partial charge on any atom is -0.466 e. The highest BCUT2D eigenvalue weighted by Gasteiger charge is 2.08. The van der Waals surface area contributed by atoms with Gasteiger partial charge in [0.25, 0.3) is 0 Å². The fraction of sp³-hybridized carbons (Fsp3) is 0.190. The van der Waals surface area contributed by atoms with E-state index in [0.29, 0.717) is 12.2 Å². The average Bonchev–Trinajstić information content (AvgIpc) is 3.07. The van der Waals surface area contributed by atoms with E-state index in [-0.39, 0.29) is 42.9 Å². The summed E-state index contributed by atoms with van der Waals surface area (Å²) in [7, 11) is 0. The quantitative estimate of drug-likeness (QED) is 0.352. The predicted molar refractivity (Wildman–Crippen MR) is 115 cm³/mol. The van der Waals surface area contributed by atoms with E-state index in [1.54, 1.807) is 31.5 Å². The lowest BCUT2D eigenvalue weighted by Gasteiger charge is -2.06. The van der Waals surface area contributed by atoms with Gasteiger partial charge in [-0.15, -0.1) is 12.4 Å². The Labute approximate surface area is 174 Å². The third-order valence-electron chi connectivity index (χ3n) is 4.38. The Morgan fingerprint density at radius 2 is 1.62 bits per heavy atom. The molecule has 0 unspecified atom stereocenters. The zero-order chi connectivity index (χ0) is 20.1. The van der Waals surface area contributed by atoms with Crippen LogP contribution in [-0.4, -0.2) is 27.5 Å². The second-order valence-electron chi connectivity index (χ2n) is 6.24. The van der Waals surface area contributed by atoms with Crippen LogP contribution in [0.2, 0.25) is 0 Å². The number of nitrogens with two attached hydrogens (primary N) is 1. The molecule has 1 aromatic heterocycles. The van der Waals surface area contributed by atoms with Gasteiger partial charge in [0.1, 0.15) is 5.84 Å². The summed E-state index contributed by atoms with van der Waals surface area (Å²) in [6.07, 6.45) is 3.51. The molecule has 0 spiro atoms. The van der Waals surface area contributed by atoms with Gasteiger partial charge in [0.2, 0.25) is 0 Å². The Bertz CT molecular complexity index is 1040. The number of nitrogens with zero attached hydrogens (tertiary/aromatic N) is 2. The van der Waals surface area contributed by atoms with E-state index in [0.717, 1.165) is 16.8 Å². The largest absolute Gasteiger partial charge is 0.466 e. The SMILES string of the molecule is CCOC(=O)CCn1ccn(-c2ccc(-c3ccc(C(=N)N)cc3)cc2)c1=O.Cl. The third-order valence-corrected chi connectivity index (χ3v) is 4.38. The van der Waals surface area contributed by atoms with E-state index < -0.39 is 0 Å². The van der Waals surface area contributed by atoms with Gasteiger partial charge in [0.15, 0.2) is 0 Å². The number of aryl methyl sites for hydroxylation is 1. The van der Waals surface area contributed by atoms with Gasteiger partial charge in [-0.25, -0.2) is 4.79 Å². The van der Waals surface area contributed by atoms with Crippen molar-refractivity contribution in [2.24, 2.45) is 5.73 Å². The first-order chi connectivity index (χ1) is 13.5. The Balaban J connectivity index is 0.00000300. The van der Waals surface area contributed by atoms with Crippen LogP contribution >= 0.6 is 12.4 Å². The second-order valence-corrected chi connectivity index (χ2v) is 6.24. The number of carbonyl (C=O) groups is 1. The van der Waals surface area contributed by atoms with Crippen LogP contribution in [0.5, 0.6) is 0 Å². The number of benzene rings is 2. The maximum Gasteiger partial charge on any atom is 0.332 e. The maximum absolute atomic E-state index is 12.5. The van der Waals surface area contributed by atoms with Gasteiger partial charge in [0, 0.05) is 24.5 Å². The zero-order valence-corrected chi connectivity index (χ0v) is 16.8. The molecule has 0 atom stereocenters. The van der Waals surface area contributed by atoms with Gasteiger partial charge in [-0.2, -0.15) is 0 Å². The molecule has 152 valence electrons. The predicted octanol–water partition coefficient (Wildman–Crippen LogP) is 2.97. The van der Waals surface area contributed by atoms with Gasteiger partial charge in [-0.1, -0.05) is 36.4 Å². The molecule has 8 heteroatoms. The van der Waals surface area contributed by atoms with Crippen LogP contribution in [0, 0.1) is 5.41 Å². The summed E-state index contributed by atoms with van der Waals surface area (Å²) < 4.78 is 7.92. The smallest absolute Gasteiger partial charge is 0.332 e. The number of ether oxygens (including phenoxy) is 1. The summed E-state index contributed by atoms with van der Waals surface area (Å²) in [5.74, 6) is -0.281. The number of imidazole rings is 1. The number of amidine groups is 1. The Kier molecular flexibility index (Phi) is 7.39. The van der Waals surface area contributed by atoms with Crippen LogP contribution in [0.15, 0.2) is 65.7 Å². The molecule has 29 heavy (non-hydrogen) atoms. The summed E-state index contributed by atoms with van der Waals surface area (Å²) in [4.78, 5) is 24.0. The van der Waals surface area contributed by atoms with Crippen LogP contribution in [0.1, 0.15) is 18.9 Å². The third kappa shape index (κ3) is 5.14. The fourth-order valence-corrected chi connectivity index (χ4v) is 2.88. The molecular weight excluding hydrogens is 392 g/mol. The lowest BCUT2D eigenvalue weighted by atomic mass is 10.0. The molecular formula is C21H23ClN4O3. The molecule has 3 rings (SSSR count). The van der Waals surface area contributed by atoms with E-state index in [1.807, 2.05) is 36.4 Å². The van der Waals surface area contributed by atoms with Crippen molar-refractivity contribution in [1.29, 1.82) is 5.41 Å². The number of halogens is 1. The fourth-order valence-electron chi connectivity index (χ4n) is 2.88. The van der Waals surface area contributed by atoms with Crippen LogP contribution in [0.4, 0.5) is 0 Å². The van der Waals surface area contributed by atoms with Gasteiger partial charge < -0.3 is 10.5 Å². The minimum atomic E-state index is -0.317. The summed E-state index contributed by atoms with van der Waals surface area (Å²) in [5.41, 5.74) is 8.68. The number of hydrogen-bond donors (Lipinski definition) is 2. The van der Waals surface area contributed by atoms with Crippen LogP contribution in [0.3, 0.4) is 0 Å². The standard InChI is InChI=1S/C21H22N4O3.ClH/c1-2-28-19(26)11-12-24-13-14-25(21(24)27)18-9-7-16(8-10-18)15-3-5-17(6-4-15)20(22)23;/h3-10,13-14H,2,11-12H2,1H3,(H3,22,23);1H. The number of rotatable bonds is 7. The second kappa shape index (κ2) is 9.75. The highest BCUT2D eigenvalue weighted by molar-refractivity contribution is 5.95. The molecule has 0 aliphatic carbocycles. The van der Waals surface area contributed by atoms with Crippen LogP contribution in [0.25, 0.3) is 16.8 Å².